The predicted molar refractivity (Wildman–Crippen MR) is 83.3 cm³/mol. The van der Waals surface area contributed by atoms with Crippen LogP contribution in [0, 0.1) is 5.92 Å². The minimum Gasteiger partial charge on any atom is -0.355 e. The highest BCUT2D eigenvalue weighted by Gasteiger charge is 2.21. The summed E-state index contributed by atoms with van der Waals surface area (Å²) >= 11 is 1.70. The Hall–Kier alpha value is -1.75. The van der Waals surface area contributed by atoms with Gasteiger partial charge in [-0.15, -0.1) is 11.3 Å². The second-order valence-electron chi connectivity index (χ2n) is 5.50. The molecule has 0 unspecified atom stereocenters. The molecular formula is C15H16N4S. The van der Waals surface area contributed by atoms with Gasteiger partial charge >= 0.3 is 0 Å². The van der Waals surface area contributed by atoms with Crippen LogP contribution in [-0.4, -0.2) is 28.0 Å². The van der Waals surface area contributed by atoms with Gasteiger partial charge in [-0.2, -0.15) is 0 Å². The Morgan fingerprint density at radius 2 is 2.05 bits per heavy atom. The van der Waals surface area contributed by atoms with Crippen LogP contribution < -0.4 is 4.90 Å². The summed E-state index contributed by atoms with van der Waals surface area (Å²) in [4.78, 5) is 16.9. The van der Waals surface area contributed by atoms with Gasteiger partial charge in [0.2, 0.25) is 0 Å². The normalized spacial score (nSPS) is 17.1. The lowest BCUT2D eigenvalue weighted by Crippen LogP contribution is -2.33. The number of anilines is 1. The highest BCUT2D eigenvalue weighted by Crippen LogP contribution is 2.36. The molecule has 0 aromatic carbocycles. The first-order chi connectivity index (χ1) is 9.83. The quantitative estimate of drug-likeness (QED) is 0.686. The fraction of sp³-hybridized carbons (Fsp3) is 0.400. The van der Waals surface area contributed by atoms with E-state index >= 15 is 0 Å². The van der Waals surface area contributed by atoms with E-state index in [9.17, 15) is 0 Å². The maximum Gasteiger partial charge on any atom is 0.150 e. The zero-order chi connectivity index (χ0) is 13.5. The van der Waals surface area contributed by atoms with Crippen molar-refractivity contribution in [2.75, 3.05) is 18.0 Å². The molecule has 0 aliphatic carbocycles. The van der Waals surface area contributed by atoms with Crippen LogP contribution in [0.15, 0.2) is 24.7 Å². The van der Waals surface area contributed by atoms with Crippen LogP contribution in [0.3, 0.4) is 0 Å². The highest BCUT2D eigenvalue weighted by molar-refractivity contribution is 7.25. The van der Waals surface area contributed by atoms with E-state index in [1.54, 1.807) is 17.7 Å². The van der Waals surface area contributed by atoms with Crippen LogP contribution in [-0.2, 0) is 0 Å². The van der Waals surface area contributed by atoms with Crippen molar-refractivity contribution in [1.82, 2.24) is 15.0 Å². The van der Waals surface area contributed by atoms with E-state index in [0.29, 0.717) is 0 Å². The summed E-state index contributed by atoms with van der Waals surface area (Å²) in [5.41, 5.74) is 1.04. The first kappa shape index (κ1) is 12.0. The molecule has 1 saturated heterocycles. The third-order valence-corrected chi connectivity index (χ3v) is 5.19. The number of piperidine rings is 1. The number of nitrogens with zero attached hydrogens (tertiary/aromatic N) is 4. The molecule has 20 heavy (non-hydrogen) atoms. The SMILES string of the molecule is CC1CCN(c2ncnc3c2sc2ncccc23)CC1. The molecule has 5 heteroatoms. The molecule has 1 aliphatic rings. The van der Waals surface area contributed by atoms with Gasteiger partial charge in [-0.3, -0.25) is 0 Å². The lowest BCUT2D eigenvalue weighted by atomic mass is 9.99. The van der Waals surface area contributed by atoms with Crippen molar-refractivity contribution in [2.45, 2.75) is 19.8 Å². The molecule has 1 aliphatic heterocycles. The van der Waals surface area contributed by atoms with Crippen molar-refractivity contribution in [3.05, 3.63) is 24.7 Å². The Morgan fingerprint density at radius 3 is 2.90 bits per heavy atom. The Bertz CT molecular complexity index is 759. The van der Waals surface area contributed by atoms with Gasteiger partial charge < -0.3 is 4.90 Å². The predicted octanol–water partition coefficient (Wildman–Crippen LogP) is 3.48. The Labute approximate surface area is 121 Å². The van der Waals surface area contributed by atoms with Crippen LogP contribution in [0.4, 0.5) is 5.82 Å². The van der Waals surface area contributed by atoms with Crippen molar-refractivity contribution < 1.29 is 0 Å². The molecule has 0 spiro atoms. The number of rotatable bonds is 1. The lowest BCUT2D eigenvalue weighted by molar-refractivity contribution is 0.437. The van der Waals surface area contributed by atoms with Gasteiger partial charge in [-0.1, -0.05) is 6.92 Å². The summed E-state index contributed by atoms with van der Waals surface area (Å²) < 4.78 is 1.18. The second kappa shape index (κ2) is 4.66. The van der Waals surface area contributed by atoms with E-state index in [4.69, 9.17) is 0 Å². The molecule has 4 heterocycles. The fourth-order valence-electron chi connectivity index (χ4n) is 2.84. The number of pyridine rings is 1. The standard InChI is InChI=1S/C15H16N4S/c1-10-4-7-19(8-5-10)14-13-12(17-9-18-14)11-3-2-6-16-15(11)20-13/h2-3,6,9-10H,4-5,7-8H2,1H3. The first-order valence-corrected chi connectivity index (χ1v) is 7.88. The smallest absolute Gasteiger partial charge is 0.150 e. The monoisotopic (exact) mass is 284 g/mol. The number of thiophene rings is 1. The van der Waals surface area contributed by atoms with Gasteiger partial charge in [0.1, 0.15) is 17.0 Å². The zero-order valence-electron chi connectivity index (χ0n) is 11.4. The van der Waals surface area contributed by atoms with Crippen LogP contribution in [0.25, 0.3) is 20.4 Å². The van der Waals surface area contributed by atoms with E-state index in [0.717, 1.165) is 40.6 Å². The first-order valence-electron chi connectivity index (χ1n) is 7.06. The third-order valence-electron chi connectivity index (χ3n) is 4.09. The minimum absolute atomic E-state index is 0.827. The number of fused-ring (bicyclic) bond motifs is 3. The zero-order valence-corrected chi connectivity index (χ0v) is 12.2. The molecule has 0 radical (unpaired) electrons. The van der Waals surface area contributed by atoms with Crippen LogP contribution >= 0.6 is 11.3 Å². The van der Waals surface area contributed by atoms with Gasteiger partial charge in [0.15, 0.2) is 0 Å². The third kappa shape index (κ3) is 1.85. The Kier molecular flexibility index (Phi) is 2.80. The summed E-state index contributed by atoms with van der Waals surface area (Å²) in [7, 11) is 0. The van der Waals surface area contributed by atoms with Crippen LogP contribution in [0.5, 0.6) is 0 Å². The summed E-state index contributed by atoms with van der Waals surface area (Å²) in [6, 6.07) is 4.06. The molecule has 4 rings (SSSR count). The average molecular weight is 284 g/mol. The van der Waals surface area contributed by atoms with E-state index in [-0.39, 0.29) is 0 Å². The van der Waals surface area contributed by atoms with Gasteiger partial charge in [0.25, 0.3) is 0 Å². The molecular weight excluding hydrogens is 268 g/mol. The fourth-order valence-corrected chi connectivity index (χ4v) is 3.96. The number of hydrogen-bond acceptors (Lipinski definition) is 5. The van der Waals surface area contributed by atoms with Crippen molar-refractivity contribution in [2.24, 2.45) is 5.92 Å². The molecule has 4 nitrogen and oxygen atoms in total. The lowest BCUT2D eigenvalue weighted by Gasteiger charge is -2.31. The second-order valence-corrected chi connectivity index (χ2v) is 6.50. The number of hydrogen-bond donors (Lipinski definition) is 0. The minimum atomic E-state index is 0.827. The topological polar surface area (TPSA) is 41.9 Å². The molecule has 0 amide bonds. The van der Waals surface area contributed by atoms with Crippen molar-refractivity contribution in [3.63, 3.8) is 0 Å². The molecule has 0 N–H and O–H groups in total. The van der Waals surface area contributed by atoms with E-state index in [1.807, 2.05) is 12.3 Å². The van der Waals surface area contributed by atoms with Gasteiger partial charge in [0, 0.05) is 24.7 Å². The van der Waals surface area contributed by atoms with Gasteiger partial charge in [0.05, 0.1) is 10.2 Å². The largest absolute Gasteiger partial charge is 0.355 e. The van der Waals surface area contributed by atoms with Crippen molar-refractivity contribution in [3.8, 4) is 0 Å². The van der Waals surface area contributed by atoms with Gasteiger partial charge in [-0.25, -0.2) is 15.0 Å². The van der Waals surface area contributed by atoms with Crippen LogP contribution in [0.1, 0.15) is 19.8 Å². The summed E-state index contributed by atoms with van der Waals surface area (Å²) in [6.07, 6.45) is 6.02. The summed E-state index contributed by atoms with van der Waals surface area (Å²) in [5.74, 6) is 1.91. The molecule has 0 bridgehead atoms. The Balaban J connectivity index is 1.87. The van der Waals surface area contributed by atoms with E-state index < -0.39 is 0 Å². The van der Waals surface area contributed by atoms with Crippen molar-refractivity contribution in [1.29, 1.82) is 0 Å². The molecule has 3 aromatic heterocycles. The molecule has 3 aromatic rings. The van der Waals surface area contributed by atoms with Crippen molar-refractivity contribution >= 4 is 37.6 Å². The maximum absolute atomic E-state index is 4.55. The van der Waals surface area contributed by atoms with E-state index in [1.165, 1.54) is 17.5 Å². The molecule has 0 atom stereocenters. The average Bonchev–Trinajstić information content (AvgIpc) is 2.87. The van der Waals surface area contributed by atoms with Gasteiger partial charge in [-0.05, 0) is 30.9 Å². The molecule has 102 valence electrons. The molecule has 0 saturated carbocycles. The maximum atomic E-state index is 4.55. The van der Waals surface area contributed by atoms with E-state index in [2.05, 4.69) is 32.8 Å². The van der Waals surface area contributed by atoms with Crippen LogP contribution in [0.2, 0.25) is 0 Å². The summed E-state index contributed by atoms with van der Waals surface area (Å²) in [6.45, 7) is 4.51. The molecule has 1 fully saturated rings. The Morgan fingerprint density at radius 1 is 1.20 bits per heavy atom. The number of aromatic nitrogens is 3. The summed E-state index contributed by atoms with van der Waals surface area (Å²) in [5, 5.41) is 1.14. The highest BCUT2D eigenvalue weighted by atomic mass is 32.1.